The van der Waals surface area contributed by atoms with Gasteiger partial charge in [-0.25, -0.2) is 5.43 Å². The number of rotatable bonds is 7. The Balaban J connectivity index is 1.82. The van der Waals surface area contributed by atoms with Crippen molar-refractivity contribution in [3.63, 3.8) is 0 Å². The summed E-state index contributed by atoms with van der Waals surface area (Å²) in [4.78, 5) is 22.0. The average molecular weight is 422 g/mol. The largest absolute Gasteiger partial charge is 0.272 e. The van der Waals surface area contributed by atoms with Crippen LogP contribution < -0.4 is 5.43 Å². The zero-order valence-electron chi connectivity index (χ0n) is 13.4. The molecule has 0 fully saturated rings. The van der Waals surface area contributed by atoms with Crippen molar-refractivity contribution < 1.29 is 9.72 Å². The Morgan fingerprint density at radius 1 is 1.24 bits per heavy atom. The molecule has 2 rings (SSSR count). The van der Waals surface area contributed by atoms with E-state index in [0.29, 0.717) is 17.0 Å². The number of nitrogens with one attached hydrogen (secondary N) is 1. The van der Waals surface area contributed by atoms with Crippen molar-refractivity contribution in [3.05, 3.63) is 74.2 Å². The van der Waals surface area contributed by atoms with Gasteiger partial charge in [-0.1, -0.05) is 34.1 Å². The zero-order chi connectivity index (χ0) is 18.2. The number of halogens is 1. The lowest BCUT2D eigenvalue weighted by Gasteiger charge is -2.05. The molecule has 0 heterocycles. The first-order chi connectivity index (χ1) is 12.0. The summed E-state index contributed by atoms with van der Waals surface area (Å²) in [6, 6.07) is 13.9. The molecule has 0 aromatic heterocycles. The normalized spacial score (nSPS) is 11.2. The molecular weight excluding hydrogens is 406 g/mol. The summed E-state index contributed by atoms with van der Waals surface area (Å²) in [7, 11) is 0. The van der Waals surface area contributed by atoms with Gasteiger partial charge in [0.05, 0.1) is 16.4 Å². The first-order valence-corrected chi connectivity index (χ1v) is 9.31. The Bertz CT molecular complexity index is 794. The number of hydrazone groups is 1. The van der Waals surface area contributed by atoms with Gasteiger partial charge in [-0.3, -0.25) is 14.9 Å². The lowest BCUT2D eigenvalue weighted by molar-refractivity contribution is -0.384. The monoisotopic (exact) mass is 421 g/mol. The molecule has 2 aromatic rings. The fourth-order valence-corrected chi connectivity index (χ4v) is 3.37. The van der Waals surface area contributed by atoms with Gasteiger partial charge in [-0.2, -0.15) is 5.10 Å². The molecular formula is C17H16BrN3O3S. The standard InChI is InChI=1S/C17H16BrN3O3S/c1-12(13-6-8-15(9-7-13)21(23)24)19-20-17(22)11-25-10-14-4-2-3-5-16(14)18/h2-9H,10-11H2,1H3,(H,20,22). The molecule has 0 saturated heterocycles. The summed E-state index contributed by atoms with van der Waals surface area (Å²) in [6.45, 7) is 1.73. The predicted molar refractivity (Wildman–Crippen MR) is 104 cm³/mol. The molecule has 6 nitrogen and oxygen atoms in total. The lowest BCUT2D eigenvalue weighted by atomic mass is 10.1. The van der Waals surface area contributed by atoms with E-state index in [1.165, 1.54) is 23.9 Å². The van der Waals surface area contributed by atoms with Gasteiger partial charge in [0.25, 0.3) is 5.69 Å². The van der Waals surface area contributed by atoms with Gasteiger partial charge in [0, 0.05) is 22.4 Å². The third-order valence-electron chi connectivity index (χ3n) is 3.29. The van der Waals surface area contributed by atoms with Crippen molar-refractivity contribution in [2.75, 3.05) is 5.75 Å². The Kier molecular flexibility index (Phi) is 7.15. The van der Waals surface area contributed by atoms with Gasteiger partial charge in [0.1, 0.15) is 0 Å². The minimum absolute atomic E-state index is 0.0176. The van der Waals surface area contributed by atoms with E-state index >= 15 is 0 Å². The molecule has 0 saturated carbocycles. The van der Waals surface area contributed by atoms with Gasteiger partial charge in [0.15, 0.2) is 0 Å². The Hall–Kier alpha value is -2.19. The molecule has 0 atom stereocenters. The molecule has 0 radical (unpaired) electrons. The zero-order valence-corrected chi connectivity index (χ0v) is 15.8. The smallest absolute Gasteiger partial charge is 0.269 e. The summed E-state index contributed by atoms with van der Waals surface area (Å²) in [6.07, 6.45) is 0. The second-order valence-electron chi connectivity index (χ2n) is 5.12. The van der Waals surface area contributed by atoms with E-state index in [2.05, 4.69) is 26.5 Å². The van der Waals surface area contributed by atoms with E-state index in [4.69, 9.17) is 0 Å². The van der Waals surface area contributed by atoms with Gasteiger partial charge in [-0.15, -0.1) is 11.8 Å². The van der Waals surface area contributed by atoms with Crippen LogP contribution in [0.5, 0.6) is 0 Å². The lowest BCUT2D eigenvalue weighted by Crippen LogP contribution is -2.21. The van der Waals surface area contributed by atoms with Gasteiger partial charge >= 0.3 is 0 Å². The number of nitro groups is 1. The van der Waals surface area contributed by atoms with Crippen LogP contribution in [0.1, 0.15) is 18.1 Å². The summed E-state index contributed by atoms with van der Waals surface area (Å²) < 4.78 is 1.02. The Morgan fingerprint density at radius 2 is 1.92 bits per heavy atom. The molecule has 130 valence electrons. The van der Waals surface area contributed by atoms with Crippen molar-refractivity contribution in [1.29, 1.82) is 0 Å². The number of carbonyl (C=O) groups is 1. The summed E-state index contributed by atoms with van der Waals surface area (Å²) in [5, 5.41) is 14.7. The fourth-order valence-electron chi connectivity index (χ4n) is 1.94. The number of carbonyl (C=O) groups excluding carboxylic acids is 1. The first kappa shape index (κ1) is 19.1. The maximum Gasteiger partial charge on any atom is 0.269 e. The summed E-state index contributed by atoms with van der Waals surface area (Å²) in [5.74, 6) is 0.816. The highest BCUT2D eigenvalue weighted by atomic mass is 79.9. The van der Waals surface area contributed by atoms with E-state index in [-0.39, 0.29) is 11.6 Å². The SMILES string of the molecule is CC(=NNC(=O)CSCc1ccccc1Br)c1ccc([N+](=O)[O-])cc1. The maximum atomic E-state index is 11.9. The van der Waals surface area contributed by atoms with Crippen LogP contribution >= 0.6 is 27.7 Å². The third-order valence-corrected chi connectivity index (χ3v) is 5.05. The van der Waals surface area contributed by atoms with Crippen LogP contribution in [-0.4, -0.2) is 22.3 Å². The average Bonchev–Trinajstić information content (AvgIpc) is 2.61. The molecule has 8 heteroatoms. The van der Waals surface area contributed by atoms with Crippen molar-refractivity contribution in [3.8, 4) is 0 Å². The van der Waals surface area contributed by atoms with Crippen LogP contribution in [0.3, 0.4) is 0 Å². The van der Waals surface area contributed by atoms with E-state index in [9.17, 15) is 14.9 Å². The summed E-state index contributed by atoms with van der Waals surface area (Å²) in [5.41, 5.74) is 4.95. The van der Waals surface area contributed by atoms with E-state index in [1.54, 1.807) is 19.1 Å². The van der Waals surface area contributed by atoms with E-state index in [1.807, 2.05) is 24.3 Å². The fraction of sp³-hybridized carbons (Fsp3) is 0.176. The Labute approximate surface area is 158 Å². The summed E-state index contributed by atoms with van der Waals surface area (Å²) >= 11 is 4.97. The minimum Gasteiger partial charge on any atom is -0.272 e. The predicted octanol–water partition coefficient (Wildman–Crippen LogP) is 4.13. The molecule has 1 N–H and O–H groups in total. The number of nitrogens with zero attached hydrogens (tertiary/aromatic N) is 2. The number of nitro benzene ring substituents is 1. The molecule has 25 heavy (non-hydrogen) atoms. The molecule has 0 aliphatic carbocycles. The second-order valence-corrected chi connectivity index (χ2v) is 6.96. The highest BCUT2D eigenvalue weighted by Crippen LogP contribution is 2.21. The highest BCUT2D eigenvalue weighted by Gasteiger charge is 2.07. The molecule has 2 aromatic carbocycles. The quantitative estimate of drug-likeness (QED) is 0.413. The van der Waals surface area contributed by atoms with Gasteiger partial charge < -0.3 is 0 Å². The van der Waals surface area contributed by atoms with Gasteiger partial charge in [0.2, 0.25) is 5.91 Å². The van der Waals surface area contributed by atoms with E-state index in [0.717, 1.165) is 15.8 Å². The molecule has 0 spiro atoms. The third kappa shape index (κ3) is 5.99. The molecule has 0 bridgehead atoms. The number of non-ortho nitro benzene ring substituents is 1. The van der Waals surface area contributed by atoms with Crippen LogP contribution in [0.25, 0.3) is 0 Å². The number of thioether (sulfide) groups is 1. The van der Waals surface area contributed by atoms with Crippen LogP contribution in [0.15, 0.2) is 58.1 Å². The Morgan fingerprint density at radius 3 is 2.56 bits per heavy atom. The molecule has 0 aliphatic rings. The number of amides is 1. The first-order valence-electron chi connectivity index (χ1n) is 7.36. The topological polar surface area (TPSA) is 84.6 Å². The van der Waals surface area contributed by atoms with Crippen molar-refractivity contribution >= 4 is 45.0 Å². The van der Waals surface area contributed by atoms with Crippen LogP contribution in [0, 0.1) is 10.1 Å². The minimum atomic E-state index is -0.458. The van der Waals surface area contributed by atoms with Gasteiger partial charge in [-0.05, 0) is 36.2 Å². The van der Waals surface area contributed by atoms with Crippen molar-refractivity contribution in [2.45, 2.75) is 12.7 Å². The molecule has 0 unspecified atom stereocenters. The van der Waals surface area contributed by atoms with Crippen LogP contribution in [-0.2, 0) is 10.5 Å². The van der Waals surface area contributed by atoms with Crippen LogP contribution in [0.2, 0.25) is 0 Å². The highest BCUT2D eigenvalue weighted by molar-refractivity contribution is 9.10. The number of hydrogen-bond acceptors (Lipinski definition) is 5. The second kappa shape index (κ2) is 9.33. The van der Waals surface area contributed by atoms with E-state index < -0.39 is 4.92 Å². The molecule has 0 aliphatic heterocycles. The maximum absolute atomic E-state index is 11.9. The van der Waals surface area contributed by atoms with Crippen molar-refractivity contribution in [2.24, 2.45) is 5.10 Å². The number of hydrogen-bond donors (Lipinski definition) is 1. The molecule has 1 amide bonds. The van der Waals surface area contributed by atoms with Crippen LogP contribution in [0.4, 0.5) is 5.69 Å². The van der Waals surface area contributed by atoms with Crippen molar-refractivity contribution in [1.82, 2.24) is 5.43 Å². The number of benzene rings is 2.